The third-order valence-electron chi connectivity index (χ3n) is 2.45. The van der Waals surface area contributed by atoms with Crippen LogP contribution in [0.25, 0.3) is 10.2 Å². The quantitative estimate of drug-likeness (QED) is 0.835. The summed E-state index contributed by atoms with van der Waals surface area (Å²) in [5.41, 5.74) is 5.95. The Morgan fingerprint density at radius 3 is 3.19 bits per heavy atom. The minimum Gasteiger partial charge on any atom is -0.368 e. The molecule has 0 aromatic carbocycles. The van der Waals surface area contributed by atoms with Crippen molar-refractivity contribution in [2.75, 3.05) is 11.9 Å². The van der Waals surface area contributed by atoms with Crippen molar-refractivity contribution >= 4 is 27.4 Å². The van der Waals surface area contributed by atoms with Gasteiger partial charge in [0.15, 0.2) is 0 Å². The Morgan fingerprint density at radius 1 is 1.50 bits per heavy atom. The molecule has 3 N–H and O–H groups in total. The molecule has 2 heterocycles. The highest BCUT2D eigenvalue weighted by Crippen LogP contribution is 2.23. The molecule has 1 atom stereocenters. The summed E-state index contributed by atoms with van der Waals surface area (Å²) in [6.45, 7) is 2.90. The fourth-order valence-corrected chi connectivity index (χ4v) is 2.36. The van der Waals surface area contributed by atoms with Crippen LogP contribution in [0.4, 0.5) is 5.82 Å². The zero-order valence-corrected chi connectivity index (χ0v) is 10.1. The molecule has 4 nitrogen and oxygen atoms in total. The first kappa shape index (κ1) is 11.3. The second kappa shape index (κ2) is 5.23. The van der Waals surface area contributed by atoms with Crippen molar-refractivity contribution in [3.8, 4) is 0 Å². The van der Waals surface area contributed by atoms with Gasteiger partial charge in [-0.15, -0.1) is 11.3 Å². The average molecular weight is 236 g/mol. The number of aromatic nitrogens is 2. The first-order valence-corrected chi connectivity index (χ1v) is 6.37. The van der Waals surface area contributed by atoms with Crippen LogP contribution in [0.1, 0.15) is 19.8 Å². The number of fused-ring (bicyclic) bond motifs is 1. The molecular formula is C11H16N4S. The van der Waals surface area contributed by atoms with Crippen LogP contribution in [0.5, 0.6) is 0 Å². The van der Waals surface area contributed by atoms with Crippen LogP contribution in [0, 0.1) is 0 Å². The van der Waals surface area contributed by atoms with E-state index < -0.39 is 0 Å². The maximum atomic E-state index is 5.95. The molecule has 2 aromatic heterocycles. The predicted molar refractivity (Wildman–Crippen MR) is 68.8 cm³/mol. The van der Waals surface area contributed by atoms with Gasteiger partial charge in [-0.25, -0.2) is 9.97 Å². The van der Waals surface area contributed by atoms with Crippen LogP contribution in [-0.2, 0) is 0 Å². The molecule has 2 aromatic rings. The third kappa shape index (κ3) is 2.48. The van der Waals surface area contributed by atoms with Crippen LogP contribution in [0.2, 0.25) is 0 Å². The maximum Gasteiger partial charge on any atom is 0.138 e. The highest BCUT2D eigenvalue weighted by atomic mass is 32.1. The summed E-state index contributed by atoms with van der Waals surface area (Å²) in [5.74, 6) is 0.887. The molecule has 2 rings (SSSR count). The molecule has 0 radical (unpaired) electrons. The van der Waals surface area contributed by atoms with E-state index in [-0.39, 0.29) is 6.04 Å². The number of anilines is 1. The maximum absolute atomic E-state index is 5.95. The van der Waals surface area contributed by atoms with Crippen LogP contribution in [0.15, 0.2) is 17.8 Å². The number of thiophene rings is 1. The van der Waals surface area contributed by atoms with E-state index in [1.807, 2.05) is 11.4 Å². The van der Waals surface area contributed by atoms with Crippen molar-refractivity contribution < 1.29 is 0 Å². The average Bonchev–Trinajstić information content (AvgIpc) is 2.75. The van der Waals surface area contributed by atoms with E-state index in [4.69, 9.17) is 5.73 Å². The lowest BCUT2D eigenvalue weighted by Crippen LogP contribution is -2.29. The third-order valence-corrected chi connectivity index (χ3v) is 3.27. The number of nitrogens with zero attached hydrogens (tertiary/aromatic N) is 2. The summed E-state index contributed by atoms with van der Waals surface area (Å²) in [7, 11) is 0. The highest BCUT2D eigenvalue weighted by Gasteiger charge is 2.06. The van der Waals surface area contributed by atoms with E-state index in [0.717, 1.165) is 35.4 Å². The van der Waals surface area contributed by atoms with Crippen molar-refractivity contribution in [1.82, 2.24) is 9.97 Å². The summed E-state index contributed by atoms with van der Waals surface area (Å²) in [6, 6.07) is 2.22. The molecular weight excluding hydrogens is 220 g/mol. The van der Waals surface area contributed by atoms with E-state index in [0.29, 0.717) is 0 Å². The summed E-state index contributed by atoms with van der Waals surface area (Å²) in [5, 5.41) is 6.39. The molecule has 0 spiro atoms. The van der Waals surface area contributed by atoms with Gasteiger partial charge in [-0.3, -0.25) is 0 Å². The van der Waals surface area contributed by atoms with E-state index >= 15 is 0 Å². The molecule has 16 heavy (non-hydrogen) atoms. The van der Waals surface area contributed by atoms with E-state index in [9.17, 15) is 0 Å². The topological polar surface area (TPSA) is 63.8 Å². The second-order valence-corrected chi connectivity index (χ2v) is 4.69. The molecule has 0 bridgehead atoms. The van der Waals surface area contributed by atoms with E-state index in [2.05, 4.69) is 22.2 Å². The van der Waals surface area contributed by atoms with Gasteiger partial charge in [0.1, 0.15) is 17.0 Å². The van der Waals surface area contributed by atoms with Gasteiger partial charge in [-0.1, -0.05) is 13.3 Å². The summed E-state index contributed by atoms with van der Waals surface area (Å²) < 4.78 is 0. The Bertz CT molecular complexity index is 454. The predicted octanol–water partition coefficient (Wildman–Crippen LogP) is 2.23. The molecule has 0 fully saturated rings. The molecule has 5 heteroatoms. The lowest BCUT2D eigenvalue weighted by Gasteiger charge is -2.12. The molecule has 0 saturated heterocycles. The van der Waals surface area contributed by atoms with Gasteiger partial charge in [0.25, 0.3) is 0 Å². The molecule has 0 saturated carbocycles. The van der Waals surface area contributed by atoms with Gasteiger partial charge in [0.2, 0.25) is 0 Å². The van der Waals surface area contributed by atoms with Crippen molar-refractivity contribution in [3.05, 3.63) is 17.8 Å². The van der Waals surface area contributed by atoms with Gasteiger partial charge >= 0.3 is 0 Å². The van der Waals surface area contributed by atoms with Crippen molar-refractivity contribution in [1.29, 1.82) is 0 Å². The molecule has 0 amide bonds. The summed E-state index contributed by atoms with van der Waals surface area (Å²) in [6.07, 6.45) is 3.73. The lowest BCUT2D eigenvalue weighted by atomic mass is 10.2. The van der Waals surface area contributed by atoms with Crippen molar-refractivity contribution in [2.45, 2.75) is 25.8 Å². The summed E-state index contributed by atoms with van der Waals surface area (Å²) >= 11 is 1.62. The minimum absolute atomic E-state index is 0.189. The van der Waals surface area contributed by atoms with Gasteiger partial charge in [-0.05, 0) is 17.9 Å². The first-order chi connectivity index (χ1) is 7.81. The zero-order chi connectivity index (χ0) is 11.4. The molecule has 1 unspecified atom stereocenters. The Morgan fingerprint density at radius 2 is 2.38 bits per heavy atom. The lowest BCUT2D eigenvalue weighted by molar-refractivity contribution is 0.626. The smallest absolute Gasteiger partial charge is 0.138 e. The van der Waals surface area contributed by atoms with Crippen LogP contribution >= 0.6 is 11.3 Å². The Kier molecular flexibility index (Phi) is 3.69. The fourth-order valence-electron chi connectivity index (χ4n) is 1.63. The Hall–Kier alpha value is -1.20. The van der Waals surface area contributed by atoms with E-state index in [1.165, 1.54) is 0 Å². The fraction of sp³-hybridized carbons (Fsp3) is 0.455. The van der Waals surface area contributed by atoms with Gasteiger partial charge in [-0.2, -0.15) is 0 Å². The van der Waals surface area contributed by atoms with Crippen molar-refractivity contribution in [2.24, 2.45) is 5.73 Å². The number of hydrogen-bond donors (Lipinski definition) is 2. The second-order valence-electron chi connectivity index (χ2n) is 3.79. The Balaban J connectivity index is 2.06. The number of rotatable bonds is 5. The first-order valence-electron chi connectivity index (χ1n) is 5.49. The van der Waals surface area contributed by atoms with Crippen molar-refractivity contribution in [3.63, 3.8) is 0 Å². The SMILES string of the molecule is CCCC(N)CNc1ncnc2sccc12. The van der Waals surface area contributed by atoms with Gasteiger partial charge in [0, 0.05) is 12.6 Å². The molecule has 0 aliphatic heterocycles. The highest BCUT2D eigenvalue weighted by molar-refractivity contribution is 7.16. The number of hydrogen-bond acceptors (Lipinski definition) is 5. The molecule has 86 valence electrons. The van der Waals surface area contributed by atoms with E-state index in [1.54, 1.807) is 17.7 Å². The standard InChI is InChI=1S/C11H16N4S/c1-2-3-8(12)6-13-10-9-4-5-16-11(9)15-7-14-10/h4-5,7-8H,2-3,6,12H2,1H3,(H,13,14,15). The van der Waals surface area contributed by atoms with Gasteiger partial charge < -0.3 is 11.1 Å². The summed E-state index contributed by atoms with van der Waals surface area (Å²) in [4.78, 5) is 9.46. The largest absolute Gasteiger partial charge is 0.368 e. The minimum atomic E-state index is 0.189. The van der Waals surface area contributed by atoms with Gasteiger partial charge in [0.05, 0.1) is 5.39 Å². The number of nitrogens with two attached hydrogens (primary N) is 1. The normalized spacial score (nSPS) is 12.9. The molecule has 0 aliphatic rings. The number of nitrogens with one attached hydrogen (secondary N) is 1. The Labute approximate surface area is 98.9 Å². The van der Waals surface area contributed by atoms with Crippen LogP contribution < -0.4 is 11.1 Å². The monoisotopic (exact) mass is 236 g/mol. The van der Waals surface area contributed by atoms with Crippen LogP contribution in [0.3, 0.4) is 0 Å². The van der Waals surface area contributed by atoms with Crippen LogP contribution in [-0.4, -0.2) is 22.6 Å². The molecule has 0 aliphatic carbocycles. The zero-order valence-electron chi connectivity index (χ0n) is 9.31.